The van der Waals surface area contributed by atoms with E-state index >= 15 is 0 Å². The number of allylic oxidation sites excluding steroid dienone is 1. The first-order valence-electron chi connectivity index (χ1n) is 6.16. The maximum Gasteiger partial charge on any atom is 0.323 e. The van der Waals surface area contributed by atoms with E-state index in [2.05, 4.69) is 0 Å². The van der Waals surface area contributed by atoms with Gasteiger partial charge in [0.05, 0.1) is 6.61 Å². The van der Waals surface area contributed by atoms with E-state index in [0.717, 1.165) is 6.42 Å². The lowest BCUT2D eigenvalue weighted by Crippen LogP contribution is -2.41. The number of likely N-dealkylation sites (tertiary alicyclic amines) is 1. The zero-order valence-electron chi connectivity index (χ0n) is 10.6. The molecule has 4 heteroatoms. The van der Waals surface area contributed by atoms with Crippen molar-refractivity contribution in [2.24, 2.45) is 11.8 Å². The van der Waals surface area contributed by atoms with Gasteiger partial charge >= 0.3 is 5.97 Å². The van der Waals surface area contributed by atoms with Gasteiger partial charge in [0.1, 0.15) is 6.04 Å². The van der Waals surface area contributed by atoms with Crippen molar-refractivity contribution in [3.8, 4) is 0 Å². The standard InChI is InChI=1S/C13H19NO3/c1-4-17-13(16)12-8(2)11-9(14(12)3)6-5-7-10(11)15/h5,7-9,11-12H,4,6H2,1-3H3/t8-,9-,11+,12+/m0/s1. The lowest BCUT2D eigenvalue weighted by Gasteiger charge is -2.26. The van der Waals surface area contributed by atoms with Crippen LogP contribution < -0.4 is 0 Å². The van der Waals surface area contributed by atoms with Gasteiger partial charge in [-0.1, -0.05) is 13.0 Å². The van der Waals surface area contributed by atoms with Crippen LogP contribution in [-0.4, -0.2) is 42.4 Å². The predicted octanol–water partition coefficient (Wildman–Crippen LogP) is 1.01. The SMILES string of the molecule is CCOC(=O)[C@H]1[C@@H](C)[C@H]2C(=O)C=CC[C@@H]2N1C. The van der Waals surface area contributed by atoms with Crippen molar-refractivity contribution in [2.45, 2.75) is 32.4 Å². The molecule has 0 aromatic rings. The van der Waals surface area contributed by atoms with E-state index in [1.807, 2.05) is 24.9 Å². The summed E-state index contributed by atoms with van der Waals surface area (Å²) < 4.78 is 5.10. The lowest BCUT2D eigenvalue weighted by atomic mass is 9.81. The summed E-state index contributed by atoms with van der Waals surface area (Å²) in [7, 11) is 1.91. The van der Waals surface area contributed by atoms with Gasteiger partial charge in [0.15, 0.2) is 5.78 Å². The highest BCUT2D eigenvalue weighted by molar-refractivity contribution is 5.94. The van der Waals surface area contributed by atoms with E-state index in [1.54, 1.807) is 13.0 Å². The first-order chi connectivity index (χ1) is 8.07. The molecule has 94 valence electrons. The summed E-state index contributed by atoms with van der Waals surface area (Å²) >= 11 is 0. The third kappa shape index (κ3) is 1.90. The fraction of sp³-hybridized carbons (Fsp3) is 0.692. The Morgan fingerprint density at radius 3 is 2.88 bits per heavy atom. The Labute approximate surface area is 102 Å². The Kier molecular flexibility index (Phi) is 3.33. The molecule has 4 nitrogen and oxygen atoms in total. The van der Waals surface area contributed by atoms with Gasteiger partial charge < -0.3 is 4.74 Å². The van der Waals surface area contributed by atoms with Gasteiger partial charge in [-0.05, 0) is 32.4 Å². The highest BCUT2D eigenvalue weighted by atomic mass is 16.5. The summed E-state index contributed by atoms with van der Waals surface area (Å²) in [5, 5.41) is 0. The molecule has 2 rings (SSSR count). The topological polar surface area (TPSA) is 46.6 Å². The summed E-state index contributed by atoms with van der Waals surface area (Å²) in [6, 6.07) is -0.134. The summed E-state index contributed by atoms with van der Waals surface area (Å²) in [5.74, 6) is -0.0852. The molecule has 0 unspecified atom stereocenters. The zero-order chi connectivity index (χ0) is 12.6. The number of carbonyl (C=O) groups is 2. The van der Waals surface area contributed by atoms with Crippen molar-refractivity contribution < 1.29 is 14.3 Å². The van der Waals surface area contributed by atoms with Crippen molar-refractivity contribution in [1.29, 1.82) is 0 Å². The quantitative estimate of drug-likeness (QED) is 0.673. The smallest absolute Gasteiger partial charge is 0.323 e. The van der Waals surface area contributed by atoms with Gasteiger partial charge in [0.2, 0.25) is 0 Å². The number of hydrogen-bond donors (Lipinski definition) is 0. The van der Waals surface area contributed by atoms with Crippen molar-refractivity contribution in [3.63, 3.8) is 0 Å². The lowest BCUT2D eigenvalue weighted by molar-refractivity contribution is -0.149. The van der Waals surface area contributed by atoms with Crippen LogP contribution in [0.15, 0.2) is 12.2 Å². The largest absolute Gasteiger partial charge is 0.465 e. The zero-order valence-corrected chi connectivity index (χ0v) is 10.6. The molecule has 2 aliphatic rings. The molecular weight excluding hydrogens is 218 g/mol. The molecule has 0 N–H and O–H groups in total. The van der Waals surface area contributed by atoms with Crippen LogP contribution in [-0.2, 0) is 14.3 Å². The fourth-order valence-corrected chi connectivity index (χ4v) is 3.18. The normalized spacial score (nSPS) is 37.0. The molecular formula is C13H19NO3. The Bertz CT molecular complexity index is 364. The molecule has 1 saturated heterocycles. The number of ether oxygens (including phenoxy) is 1. The Hall–Kier alpha value is -1.16. The van der Waals surface area contributed by atoms with E-state index in [4.69, 9.17) is 4.74 Å². The summed E-state index contributed by atoms with van der Waals surface area (Å²) in [6.45, 7) is 4.16. The average molecular weight is 237 g/mol. The number of fused-ring (bicyclic) bond motifs is 1. The number of hydrogen-bond acceptors (Lipinski definition) is 4. The molecule has 0 aromatic carbocycles. The maximum atomic E-state index is 11.9. The molecule has 0 bridgehead atoms. The van der Waals surface area contributed by atoms with Gasteiger partial charge in [-0.15, -0.1) is 0 Å². The minimum atomic E-state index is -0.284. The first kappa shape index (κ1) is 12.3. The molecule has 0 aromatic heterocycles. The van der Waals surface area contributed by atoms with Crippen molar-refractivity contribution >= 4 is 11.8 Å². The average Bonchev–Trinajstić information content (AvgIpc) is 2.53. The van der Waals surface area contributed by atoms with Crippen LogP contribution in [0.25, 0.3) is 0 Å². The van der Waals surface area contributed by atoms with Crippen LogP contribution in [0.2, 0.25) is 0 Å². The van der Waals surface area contributed by atoms with Gasteiger partial charge in [-0.3, -0.25) is 14.5 Å². The van der Waals surface area contributed by atoms with Gasteiger partial charge in [-0.2, -0.15) is 0 Å². The number of ketones is 1. The van der Waals surface area contributed by atoms with Crippen LogP contribution in [0.4, 0.5) is 0 Å². The highest BCUT2D eigenvalue weighted by Gasteiger charge is 2.51. The molecule has 17 heavy (non-hydrogen) atoms. The molecule has 0 spiro atoms. The highest BCUT2D eigenvalue weighted by Crippen LogP contribution is 2.39. The van der Waals surface area contributed by atoms with E-state index in [-0.39, 0.29) is 35.7 Å². The molecule has 1 heterocycles. The van der Waals surface area contributed by atoms with E-state index < -0.39 is 0 Å². The number of likely N-dealkylation sites (N-methyl/N-ethyl adjacent to an activating group) is 1. The van der Waals surface area contributed by atoms with Crippen molar-refractivity contribution in [1.82, 2.24) is 4.90 Å². The van der Waals surface area contributed by atoms with Gasteiger partial charge in [-0.25, -0.2) is 0 Å². The third-order valence-corrected chi connectivity index (χ3v) is 3.96. The van der Waals surface area contributed by atoms with E-state index in [9.17, 15) is 9.59 Å². The van der Waals surface area contributed by atoms with Crippen molar-refractivity contribution in [3.05, 3.63) is 12.2 Å². The van der Waals surface area contributed by atoms with Gasteiger partial charge in [0.25, 0.3) is 0 Å². The monoisotopic (exact) mass is 237 g/mol. The second-order valence-electron chi connectivity index (χ2n) is 4.86. The number of rotatable bonds is 2. The minimum absolute atomic E-state index is 0.0292. The number of carbonyl (C=O) groups excluding carboxylic acids is 2. The third-order valence-electron chi connectivity index (χ3n) is 3.96. The second kappa shape index (κ2) is 4.61. The molecule has 0 amide bonds. The molecule has 1 aliphatic heterocycles. The van der Waals surface area contributed by atoms with E-state index in [1.165, 1.54) is 0 Å². The minimum Gasteiger partial charge on any atom is -0.465 e. The summed E-state index contributed by atoms with van der Waals surface area (Å²) in [6.07, 6.45) is 4.40. The first-order valence-corrected chi connectivity index (χ1v) is 6.16. The van der Waals surface area contributed by atoms with Crippen molar-refractivity contribution in [2.75, 3.05) is 13.7 Å². The van der Waals surface area contributed by atoms with Crippen LogP contribution in [0.1, 0.15) is 20.3 Å². The molecule has 1 aliphatic carbocycles. The fourth-order valence-electron chi connectivity index (χ4n) is 3.18. The second-order valence-corrected chi connectivity index (χ2v) is 4.86. The van der Waals surface area contributed by atoms with Crippen LogP contribution >= 0.6 is 0 Å². The molecule has 1 fully saturated rings. The number of nitrogens with zero attached hydrogens (tertiary/aromatic N) is 1. The van der Waals surface area contributed by atoms with Crippen LogP contribution in [0.3, 0.4) is 0 Å². The summed E-state index contributed by atoms with van der Waals surface area (Å²) in [5.41, 5.74) is 0. The summed E-state index contributed by atoms with van der Waals surface area (Å²) in [4.78, 5) is 25.8. The molecule has 4 atom stereocenters. The van der Waals surface area contributed by atoms with E-state index in [0.29, 0.717) is 6.61 Å². The Balaban J connectivity index is 2.22. The maximum absolute atomic E-state index is 11.9. The molecule has 0 saturated carbocycles. The molecule has 0 radical (unpaired) electrons. The Morgan fingerprint density at radius 1 is 1.59 bits per heavy atom. The Morgan fingerprint density at radius 2 is 2.29 bits per heavy atom. The predicted molar refractivity (Wildman–Crippen MR) is 63.4 cm³/mol. The van der Waals surface area contributed by atoms with Gasteiger partial charge in [0, 0.05) is 12.0 Å². The van der Waals surface area contributed by atoms with Crippen LogP contribution in [0.5, 0.6) is 0 Å². The number of esters is 1. The van der Waals surface area contributed by atoms with Crippen LogP contribution in [0, 0.1) is 11.8 Å².